The van der Waals surface area contributed by atoms with E-state index >= 15 is 0 Å². The van der Waals surface area contributed by atoms with E-state index in [0.29, 0.717) is 16.5 Å². The molecule has 0 atom stereocenters. The van der Waals surface area contributed by atoms with Crippen molar-refractivity contribution in [3.8, 4) is 11.4 Å². The lowest BCUT2D eigenvalue weighted by Crippen LogP contribution is -2.22. The Morgan fingerprint density at radius 3 is 2.67 bits per heavy atom. The van der Waals surface area contributed by atoms with Gasteiger partial charge in [0.15, 0.2) is 15.7 Å². The zero-order chi connectivity index (χ0) is 17.2. The van der Waals surface area contributed by atoms with Gasteiger partial charge in [0.2, 0.25) is 0 Å². The molecular weight excluding hydrogens is 350 g/mol. The number of hydrogen-bond donors (Lipinski definition) is 2. The molecule has 0 spiro atoms. The summed E-state index contributed by atoms with van der Waals surface area (Å²) < 4.78 is 23.0. The Balaban J connectivity index is 1.65. The van der Waals surface area contributed by atoms with E-state index in [9.17, 15) is 13.2 Å². The SMILES string of the molecule is CS(=O)(=O)c1ccc(C(=O)NCc2nc(-c3ccncc3)n[nH]2)s1. The number of aromatic amines is 1. The minimum atomic E-state index is -3.31. The van der Waals surface area contributed by atoms with Crippen molar-refractivity contribution < 1.29 is 13.2 Å². The van der Waals surface area contributed by atoms with Gasteiger partial charge in [-0.2, -0.15) is 5.10 Å². The lowest BCUT2D eigenvalue weighted by molar-refractivity contribution is 0.0954. The van der Waals surface area contributed by atoms with E-state index in [2.05, 4.69) is 25.5 Å². The molecular formula is C14H13N5O3S2. The molecule has 1 amide bonds. The molecule has 0 bridgehead atoms. The summed E-state index contributed by atoms with van der Waals surface area (Å²) >= 11 is 0.932. The molecule has 10 heteroatoms. The number of H-pyrrole nitrogens is 1. The Morgan fingerprint density at radius 1 is 1.25 bits per heavy atom. The summed E-state index contributed by atoms with van der Waals surface area (Å²) in [4.78, 5) is 20.6. The Kier molecular flexibility index (Phi) is 4.40. The van der Waals surface area contributed by atoms with Crippen LogP contribution < -0.4 is 5.32 Å². The molecule has 0 unspecified atom stereocenters. The average molecular weight is 363 g/mol. The molecule has 0 saturated carbocycles. The maximum Gasteiger partial charge on any atom is 0.261 e. The largest absolute Gasteiger partial charge is 0.344 e. The second kappa shape index (κ2) is 6.49. The molecule has 0 radical (unpaired) electrons. The van der Waals surface area contributed by atoms with Crippen molar-refractivity contribution >= 4 is 27.1 Å². The van der Waals surface area contributed by atoms with Crippen LogP contribution in [0.1, 0.15) is 15.5 Å². The molecule has 3 rings (SSSR count). The fraction of sp³-hybridized carbons (Fsp3) is 0.143. The number of pyridine rings is 1. The van der Waals surface area contributed by atoms with Crippen LogP contribution in [0.5, 0.6) is 0 Å². The first-order valence-corrected chi connectivity index (χ1v) is 9.54. The summed E-state index contributed by atoms with van der Waals surface area (Å²) in [6.45, 7) is 0.156. The summed E-state index contributed by atoms with van der Waals surface area (Å²) in [6, 6.07) is 6.47. The molecule has 3 aromatic rings. The smallest absolute Gasteiger partial charge is 0.261 e. The highest BCUT2D eigenvalue weighted by Crippen LogP contribution is 2.21. The van der Waals surface area contributed by atoms with Gasteiger partial charge in [-0.25, -0.2) is 13.4 Å². The van der Waals surface area contributed by atoms with Crippen LogP contribution in [0.25, 0.3) is 11.4 Å². The Hall–Kier alpha value is -2.59. The molecule has 0 saturated heterocycles. The van der Waals surface area contributed by atoms with Crippen LogP contribution in [-0.2, 0) is 16.4 Å². The highest BCUT2D eigenvalue weighted by Gasteiger charge is 2.15. The zero-order valence-electron chi connectivity index (χ0n) is 12.6. The molecule has 0 aliphatic carbocycles. The highest BCUT2D eigenvalue weighted by atomic mass is 32.2. The molecule has 0 fully saturated rings. The van der Waals surface area contributed by atoms with Gasteiger partial charge in [-0.15, -0.1) is 11.3 Å². The fourth-order valence-corrected chi connectivity index (χ4v) is 3.74. The molecule has 3 aromatic heterocycles. The third-order valence-electron chi connectivity index (χ3n) is 3.06. The predicted molar refractivity (Wildman–Crippen MR) is 88.2 cm³/mol. The van der Waals surface area contributed by atoms with E-state index < -0.39 is 9.84 Å². The second-order valence-electron chi connectivity index (χ2n) is 4.92. The first-order chi connectivity index (χ1) is 11.4. The van der Waals surface area contributed by atoms with Crippen molar-refractivity contribution in [3.63, 3.8) is 0 Å². The zero-order valence-corrected chi connectivity index (χ0v) is 14.2. The van der Waals surface area contributed by atoms with E-state index in [1.54, 1.807) is 24.5 Å². The van der Waals surface area contributed by atoms with Gasteiger partial charge in [0.05, 0.1) is 11.4 Å². The van der Waals surface area contributed by atoms with Crippen LogP contribution in [0.15, 0.2) is 40.9 Å². The Morgan fingerprint density at radius 2 is 2.00 bits per heavy atom. The van der Waals surface area contributed by atoms with Crippen LogP contribution in [0, 0.1) is 0 Å². The van der Waals surface area contributed by atoms with Crippen LogP contribution in [-0.4, -0.2) is 40.7 Å². The summed E-state index contributed by atoms with van der Waals surface area (Å²) in [5.41, 5.74) is 0.815. The van der Waals surface area contributed by atoms with E-state index in [4.69, 9.17) is 0 Å². The molecule has 24 heavy (non-hydrogen) atoms. The van der Waals surface area contributed by atoms with Crippen molar-refractivity contribution in [2.75, 3.05) is 6.26 Å². The minimum absolute atomic E-state index is 0.156. The lowest BCUT2D eigenvalue weighted by atomic mass is 10.2. The number of carbonyl (C=O) groups excluding carboxylic acids is 1. The van der Waals surface area contributed by atoms with Crippen molar-refractivity contribution in [2.24, 2.45) is 0 Å². The van der Waals surface area contributed by atoms with Gasteiger partial charge < -0.3 is 5.32 Å². The molecule has 8 nitrogen and oxygen atoms in total. The third kappa shape index (κ3) is 3.66. The molecule has 0 aliphatic rings. The van der Waals surface area contributed by atoms with Gasteiger partial charge in [0, 0.05) is 24.2 Å². The van der Waals surface area contributed by atoms with Gasteiger partial charge in [-0.05, 0) is 24.3 Å². The van der Waals surface area contributed by atoms with E-state index in [-0.39, 0.29) is 16.7 Å². The summed E-state index contributed by atoms with van der Waals surface area (Å²) in [5.74, 6) is 0.643. The number of carbonyl (C=O) groups is 1. The minimum Gasteiger partial charge on any atom is -0.344 e. The van der Waals surface area contributed by atoms with Crippen LogP contribution in [0.3, 0.4) is 0 Å². The first-order valence-electron chi connectivity index (χ1n) is 6.83. The Labute approximate surface area is 141 Å². The van der Waals surface area contributed by atoms with Gasteiger partial charge in [0.1, 0.15) is 10.0 Å². The van der Waals surface area contributed by atoms with Crippen LogP contribution >= 0.6 is 11.3 Å². The Bertz CT molecular complexity index is 963. The van der Waals surface area contributed by atoms with Crippen molar-refractivity contribution in [1.29, 1.82) is 0 Å². The van der Waals surface area contributed by atoms with E-state index in [1.165, 1.54) is 12.1 Å². The van der Waals surface area contributed by atoms with Gasteiger partial charge in [0.25, 0.3) is 5.91 Å². The number of nitrogens with one attached hydrogen (secondary N) is 2. The predicted octanol–water partition coefficient (Wildman–Crippen LogP) is 1.26. The van der Waals surface area contributed by atoms with Gasteiger partial charge in [-0.1, -0.05) is 0 Å². The molecule has 0 aromatic carbocycles. The number of sulfone groups is 1. The summed E-state index contributed by atoms with van der Waals surface area (Å²) in [7, 11) is -3.31. The quantitative estimate of drug-likeness (QED) is 0.705. The number of nitrogens with zero attached hydrogens (tertiary/aromatic N) is 3. The number of hydrogen-bond acceptors (Lipinski definition) is 7. The van der Waals surface area contributed by atoms with E-state index in [0.717, 1.165) is 23.2 Å². The highest BCUT2D eigenvalue weighted by molar-refractivity contribution is 7.92. The number of thiophene rings is 1. The lowest BCUT2D eigenvalue weighted by Gasteiger charge is -2.00. The maximum atomic E-state index is 12.1. The summed E-state index contributed by atoms with van der Waals surface area (Å²) in [5, 5.41) is 9.51. The monoisotopic (exact) mass is 363 g/mol. The van der Waals surface area contributed by atoms with Crippen molar-refractivity contribution in [3.05, 3.63) is 47.4 Å². The second-order valence-corrected chi connectivity index (χ2v) is 8.24. The van der Waals surface area contributed by atoms with E-state index in [1.807, 2.05) is 0 Å². The van der Waals surface area contributed by atoms with Crippen molar-refractivity contribution in [2.45, 2.75) is 10.8 Å². The normalized spacial score (nSPS) is 11.4. The van der Waals surface area contributed by atoms with Crippen LogP contribution in [0.2, 0.25) is 0 Å². The molecule has 2 N–H and O–H groups in total. The fourth-order valence-electron chi connectivity index (χ4n) is 1.90. The number of amides is 1. The first kappa shape index (κ1) is 16.3. The number of aromatic nitrogens is 4. The van der Waals surface area contributed by atoms with Crippen LogP contribution in [0.4, 0.5) is 0 Å². The van der Waals surface area contributed by atoms with Gasteiger partial charge >= 0.3 is 0 Å². The topological polar surface area (TPSA) is 118 Å². The summed E-state index contributed by atoms with van der Waals surface area (Å²) in [6.07, 6.45) is 4.39. The standard InChI is InChI=1S/C14H13N5O3S2/c1-24(21,22)12-3-2-10(23-12)14(20)16-8-11-17-13(19-18-11)9-4-6-15-7-5-9/h2-7H,8H2,1H3,(H,16,20)(H,17,18,19). The number of rotatable bonds is 5. The molecule has 3 heterocycles. The average Bonchev–Trinajstić information content (AvgIpc) is 3.22. The van der Waals surface area contributed by atoms with Gasteiger partial charge in [-0.3, -0.25) is 14.9 Å². The maximum absolute atomic E-state index is 12.1. The molecule has 0 aliphatic heterocycles. The third-order valence-corrected chi connectivity index (χ3v) is 5.96. The van der Waals surface area contributed by atoms with Crippen molar-refractivity contribution in [1.82, 2.24) is 25.5 Å². The molecule has 124 valence electrons.